The number of hydrogen-bond acceptors (Lipinski definition) is 2. The normalized spacial score (nSPS) is 12.2. The third-order valence-corrected chi connectivity index (χ3v) is 3.90. The minimum absolute atomic E-state index is 0.229. The molecule has 0 saturated heterocycles. The van der Waals surface area contributed by atoms with Gasteiger partial charge in [-0.15, -0.1) is 0 Å². The van der Waals surface area contributed by atoms with E-state index in [1.54, 1.807) is 24.3 Å². The number of carboxylic acids is 1. The van der Waals surface area contributed by atoms with Crippen molar-refractivity contribution in [3.8, 4) is 0 Å². The van der Waals surface area contributed by atoms with Crippen LogP contribution in [0.2, 0.25) is 0 Å². The van der Waals surface area contributed by atoms with Gasteiger partial charge in [-0.05, 0) is 55.7 Å². The van der Waals surface area contributed by atoms with Gasteiger partial charge in [-0.25, -0.2) is 4.79 Å². The molecule has 0 atom stereocenters. The van der Waals surface area contributed by atoms with Crippen LogP contribution in [-0.4, -0.2) is 16.6 Å². The largest absolute Gasteiger partial charge is 0.478 e. The van der Waals surface area contributed by atoms with Crippen LogP contribution < -0.4 is 5.32 Å². The second-order valence-corrected chi connectivity index (χ2v) is 6.61. The lowest BCUT2D eigenvalue weighted by atomic mass is 9.94. The molecule has 2 aromatic rings. The van der Waals surface area contributed by atoms with Crippen molar-refractivity contribution in [1.82, 2.24) is 5.32 Å². The highest BCUT2D eigenvalue weighted by atomic mass is 19.4. The molecule has 0 fully saturated rings. The van der Waals surface area contributed by atoms with E-state index in [0.29, 0.717) is 13.0 Å². The maximum atomic E-state index is 12.6. The van der Waals surface area contributed by atoms with Gasteiger partial charge >= 0.3 is 12.1 Å². The van der Waals surface area contributed by atoms with Crippen molar-refractivity contribution in [3.05, 3.63) is 70.8 Å². The Bertz CT molecular complexity index is 720. The first kappa shape index (κ1) is 19.0. The van der Waals surface area contributed by atoms with Gasteiger partial charge in [0.1, 0.15) is 0 Å². The molecule has 0 aliphatic carbocycles. The Kier molecular flexibility index (Phi) is 5.52. The second kappa shape index (κ2) is 7.27. The molecule has 0 unspecified atom stereocenters. The number of rotatable bonds is 6. The average molecular weight is 351 g/mol. The molecule has 2 rings (SSSR count). The van der Waals surface area contributed by atoms with Crippen molar-refractivity contribution < 1.29 is 23.1 Å². The molecule has 3 nitrogen and oxygen atoms in total. The van der Waals surface area contributed by atoms with Crippen LogP contribution >= 0.6 is 0 Å². The maximum absolute atomic E-state index is 12.6. The van der Waals surface area contributed by atoms with Gasteiger partial charge in [0.05, 0.1) is 11.1 Å². The van der Waals surface area contributed by atoms with E-state index in [1.807, 2.05) is 13.8 Å². The highest BCUT2D eigenvalue weighted by molar-refractivity contribution is 5.87. The molecule has 134 valence electrons. The van der Waals surface area contributed by atoms with Crippen molar-refractivity contribution in [2.75, 3.05) is 0 Å². The van der Waals surface area contributed by atoms with Crippen LogP contribution in [-0.2, 0) is 19.1 Å². The number of carboxylic acid groups (broad SMARTS) is 1. The highest BCUT2D eigenvalue weighted by Gasteiger charge is 2.30. The Morgan fingerprint density at radius 2 is 1.48 bits per heavy atom. The summed E-state index contributed by atoms with van der Waals surface area (Å²) in [7, 11) is 0. The van der Waals surface area contributed by atoms with Crippen molar-refractivity contribution in [1.29, 1.82) is 0 Å². The molecule has 0 amide bonds. The molecular weight excluding hydrogens is 331 g/mol. The second-order valence-electron chi connectivity index (χ2n) is 6.61. The summed E-state index contributed by atoms with van der Waals surface area (Å²) in [5, 5.41) is 12.2. The zero-order valence-corrected chi connectivity index (χ0v) is 14.0. The van der Waals surface area contributed by atoms with Crippen LogP contribution in [0.3, 0.4) is 0 Å². The van der Waals surface area contributed by atoms with Gasteiger partial charge in [-0.3, -0.25) is 0 Å². The lowest BCUT2D eigenvalue weighted by Gasteiger charge is -2.27. The van der Waals surface area contributed by atoms with Crippen molar-refractivity contribution >= 4 is 5.97 Å². The third kappa shape index (κ3) is 5.60. The quantitative estimate of drug-likeness (QED) is 0.805. The lowest BCUT2D eigenvalue weighted by molar-refractivity contribution is -0.137. The maximum Gasteiger partial charge on any atom is 0.416 e. The van der Waals surface area contributed by atoms with Crippen LogP contribution in [0.15, 0.2) is 48.5 Å². The molecule has 25 heavy (non-hydrogen) atoms. The van der Waals surface area contributed by atoms with E-state index in [4.69, 9.17) is 5.11 Å². The van der Waals surface area contributed by atoms with Gasteiger partial charge in [0.2, 0.25) is 0 Å². The SMILES string of the molecule is CC(C)(Cc1ccc(C(F)(F)F)cc1)NCc1ccc(C(=O)O)cc1. The Balaban J connectivity index is 1.96. The highest BCUT2D eigenvalue weighted by Crippen LogP contribution is 2.29. The van der Waals surface area contributed by atoms with E-state index in [2.05, 4.69) is 5.32 Å². The Morgan fingerprint density at radius 3 is 1.96 bits per heavy atom. The zero-order valence-electron chi connectivity index (χ0n) is 14.0. The predicted octanol–water partition coefficient (Wildman–Crippen LogP) is 4.51. The van der Waals surface area contributed by atoms with Crippen LogP contribution in [0.25, 0.3) is 0 Å². The van der Waals surface area contributed by atoms with Crippen molar-refractivity contribution in [2.24, 2.45) is 0 Å². The molecule has 0 aliphatic heterocycles. The summed E-state index contributed by atoms with van der Waals surface area (Å²) in [6, 6.07) is 11.7. The topological polar surface area (TPSA) is 49.3 Å². The van der Waals surface area contributed by atoms with Crippen LogP contribution in [0.5, 0.6) is 0 Å². The zero-order chi connectivity index (χ0) is 18.7. The summed E-state index contributed by atoms with van der Waals surface area (Å²) < 4.78 is 37.8. The minimum atomic E-state index is -4.32. The van der Waals surface area contributed by atoms with Gasteiger partial charge in [-0.1, -0.05) is 24.3 Å². The molecule has 0 spiro atoms. The molecule has 0 bridgehead atoms. The number of benzene rings is 2. The van der Waals surface area contributed by atoms with Gasteiger partial charge in [-0.2, -0.15) is 13.2 Å². The van der Waals surface area contributed by atoms with E-state index in [1.165, 1.54) is 12.1 Å². The fraction of sp³-hybridized carbons (Fsp3) is 0.316. The Hall–Kier alpha value is -2.34. The monoisotopic (exact) mass is 351 g/mol. The first-order chi connectivity index (χ1) is 11.6. The number of hydrogen-bond donors (Lipinski definition) is 2. The van der Waals surface area contributed by atoms with E-state index in [0.717, 1.165) is 23.3 Å². The summed E-state index contributed by atoms with van der Waals surface area (Å²) in [5.41, 5.74) is 0.996. The number of halogens is 3. The standard InChI is InChI=1S/C19H20F3NO2/c1-18(2,11-13-5-9-16(10-6-13)19(20,21)22)23-12-14-3-7-15(8-4-14)17(24)25/h3-10,23H,11-12H2,1-2H3,(H,24,25). The summed E-state index contributed by atoms with van der Waals surface area (Å²) in [6.45, 7) is 4.47. The molecular formula is C19H20F3NO2. The summed E-state index contributed by atoms with van der Waals surface area (Å²) in [6.07, 6.45) is -3.76. The number of aromatic carboxylic acids is 1. The molecule has 2 N–H and O–H groups in total. The van der Waals surface area contributed by atoms with E-state index < -0.39 is 17.7 Å². The Labute approximate surface area is 144 Å². The molecule has 0 heterocycles. The van der Waals surface area contributed by atoms with Gasteiger partial charge in [0.15, 0.2) is 0 Å². The summed E-state index contributed by atoms with van der Waals surface area (Å²) >= 11 is 0. The molecule has 6 heteroatoms. The fourth-order valence-corrected chi connectivity index (χ4v) is 2.49. The first-order valence-corrected chi connectivity index (χ1v) is 7.80. The number of alkyl halides is 3. The smallest absolute Gasteiger partial charge is 0.416 e. The lowest BCUT2D eigenvalue weighted by Crippen LogP contribution is -2.40. The Morgan fingerprint density at radius 1 is 0.960 bits per heavy atom. The number of nitrogens with one attached hydrogen (secondary N) is 1. The first-order valence-electron chi connectivity index (χ1n) is 7.80. The predicted molar refractivity (Wildman–Crippen MR) is 89.5 cm³/mol. The average Bonchev–Trinajstić information content (AvgIpc) is 2.53. The van der Waals surface area contributed by atoms with E-state index in [-0.39, 0.29) is 11.1 Å². The minimum Gasteiger partial charge on any atom is -0.478 e. The van der Waals surface area contributed by atoms with Crippen molar-refractivity contribution in [3.63, 3.8) is 0 Å². The van der Waals surface area contributed by atoms with Gasteiger partial charge < -0.3 is 10.4 Å². The van der Waals surface area contributed by atoms with Gasteiger partial charge in [0.25, 0.3) is 0 Å². The molecule has 2 aromatic carbocycles. The molecule has 0 radical (unpaired) electrons. The van der Waals surface area contributed by atoms with Crippen LogP contribution in [0, 0.1) is 0 Å². The van der Waals surface area contributed by atoms with Gasteiger partial charge in [0, 0.05) is 12.1 Å². The van der Waals surface area contributed by atoms with Crippen LogP contribution in [0.4, 0.5) is 13.2 Å². The van der Waals surface area contributed by atoms with E-state index in [9.17, 15) is 18.0 Å². The summed E-state index contributed by atoms with van der Waals surface area (Å²) in [4.78, 5) is 10.8. The third-order valence-electron chi connectivity index (χ3n) is 3.90. The summed E-state index contributed by atoms with van der Waals surface area (Å²) in [5.74, 6) is -0.970. The van der Waals surface area contributed by atoms with Crippen LogP contribution in [0.1, 0.15) is 40.9 Å². The fourth-order valence-electron chi connectivity index (χ4n) is 2.49. The number of carbonyl (C=O) groups is 1. The van der Waals surface area contributed by atoms with Crippen molar-refractivity contribution in [2.45, 2.75) is 38.5 Å². The molecule has 0 aromatic heterocycles. The van der Waals surface area contributed by atoms with E-state index >= 15 is 0 Å². The molecule has 0 aliphatic rings. The molecule has 0 saturated carbocycles.